The van der Waals surface area contributed by atoms with E-state index in [2.05, 4.69) is 43.9 Å². The molecule has 0 amide bonds. The second kappa shape index (κ2) is 10.2. The van der Waals surface area contributed by atoms with Crippen LogP contribution in [0.1, 0.15) is 19.1 Å². The number of pyridine rings is 1. The number of anilines is 1. The van der Waals surface area contributed by atoms with Crippen molar-refractivity contribution in [1.29, 1.82) is 0 Å². The Hall–Kier alpha value is -3.10. The number of benzene rings is 1. The smallest absolute Gasteiger partial charge is 0.231 e. The van der Waals surface area contributed by atoms with Crippen LogP contribution in [0.5, 0.6) is 11.5 Å². The summed E-state index contributed by atoms with van der Waals surface area (Å²) in [5.41, 5.74) is 1.80. The summed E-state index contributed by atoms with van der Waals surface area (Å²) in [5, 5.41) is 4.27. The van der Waals surface area contributed by atoms with Gasteiger partial charge in [-0.2, -0.15) is 0 Å². The zero-order chi connectivity index (χ0) is 22.5. The van der Waals surface area contributed by atoms with Gasteiger partial charge in [0.1, 0.15) is 11.5 Å². The van der Waals surface area contributed by atoms with E-state index in [-0.39, 0.29) is 6.79 Å². The average Bonchev–Trinajstić information content (AvgIpc) is 3.53. The van der Waals surface area contributed by atoms with Crippen LogP contribution in [0.3, 0.4) is 0 Å². The molecule has 8 nitrogen and oxygen atoms in total. The van der Waals surface area contributed by atoms with Crippen LogP contribution >= 0.6 is 0 Å². The third-order valence-electron chi connectivity index (χ3n) is 6.35. The van der Waals surface area contributed by atoms with E-state index in [4.69, 9.17) is 14.0 Å². The van der Waals surface area contributed by atoms with Crippen molar-refractivity contribution in [2.24, 2.45) is 0 Å². The predicted octanol–water partition coefficient (Wildman–Crippen LogP) is 3.50. The van der Waals surface area contributed by atoms with Crippen LogP contribution < -0.4 is 14.4 Å². The van der Waals surface area contributed by atoms with Crippen molar-refractivity contribution < 1.29 is 14.0 Å². The molecule has 1 saturated heterocycles. The Morgan fingerprint density at radius 3 is 2.70 bits per heavy atom. The summed E-state index contributed by atoms with van der Waals surface area (Å²) in [6.45, 7) is 10.6. The zero-order valence-electron chi connectivity index (χ0n) is 19.2. The number of aromatic nitrogens is 2. The molecule has 4 heterocycles. The number of nitrogens with zero attached hydrogens (tertiary/aromatic N) is 5. The van der Waals surface area contributed by atoms with Crippen molar-refractivity contribution in [3.8, 4) is 22.8 Å². The first-order valence-corrected chi connectivity index (χ1v) is 11.7. The summed E-state index contributed by atoms with van der Waals surface area (Å²) in [5.74, 6) is 3.50. The van der Waals surface area contributed by atoms with Crippen molar-refractivity contribution in [1.82, 2.24) is 19.9 Å². The summed E-state index contributed by atoms with van der Waals surface area (Å²) >= 11 is 0. The number of hydrogen-bond donors (Lipinski definition) is 0. The van der Waals surface area contributed by atoms with Gasteiger partial charge >= 0.3 is 0 Å². The molecular formula is C25H31N5O3. The van der Waals surface area contributed by atoms with Gasteiger partial charge in [0, 0.05) is 44.0 Å². The molecule has 0 radical (unpaired) electrons. The molecule has 2 aliphatic rings. The maximum atomic E-state index is 5.64. The van der Waals surface area contributed by atoms with Gasteiger partial charge in [0.05, 0.1) is 6.54 Å². The quantitative estimate of drug-likeness (QED) is 0.492. The Balaban J connectivity index is 1.07. The van der Waals surface area contributed by atoms with Crippen LogP contribution in [-0.2, 0) is 6.54 Å². The number of rotatable bonds is 9. The normalized spacial score (nSPS) is 16.0. The Bertz CT molecular complexity index is 1030. The highest BCUT2D eigenvalue weighted by Crippen LogP contribution is 2.35. The lowest BCUT2D eigenvalue weighted by Crippen LogP contribution is -2.47. The van der Waals surface area contributed by atoms with E-state index in [9.17, 15) is 0 Å². The molecule has 2 aliphatic heterocycles. The van der Waals surface area contributed by atoms with Crippen LogP contribution in [0.25, 0.3) is 11.3 Å². The first kappa shape index (κ1) is 21.7. The molecule has 0 spiro atoms. The lowest BCUT2D eigenvalue weighted by Gasteiger charge is -2.35. The van der Waals surface area contributed by atoms with Crippen LogP contribution in [0.4, 0.5) is 5.82 Å². The van der Waals surface area contributed by atoms with E-state index < -0.39 is 0 Å². The fourth-order valence-corrected chi connectivity index (χ4v) is 4.41. The lowest BCUT2D eigenvalue weighted by molar-refractivity contribution is 0.174. The molecule has 0 unspecified atom stereocenters. The summed E-state index contributed by atoms with van der Waals surface area (Å²) < 4.78 is 16.5. The standard InChI is InChI=1S/C25H31N5O3/c1-2-28(10-5-11-29-12-14-30(15-13-29)25-6-3-4-9-26-25)18-21-17-22(27-33-21)20-7-8-23-24(16-20)32-19-31-23/h3-4,6-9,16-17H,2,5,10-15,18-19H2,1H3. The second-order valence-electron chi connectivity index (χ2n) is 8.49. The van der Waals surface area contributed by atoms with Crippen LogP contribution in [-0.4, -0.2) is 72.5 Å². The molecule has 0 aliphatic carbocycles. The maximum absolute atomic E-state index is 5.64. The molecule has 0 saturated carbocycles. The third-order valence-corrected chi connectivity index (χ3v) is 6.35. The summed E-state index contributed by atoms with van der Waals surface area (Å²) in [7, 11) is 0. The molecule has 8 heteroatoms. The highest BCUT2D eigenvalue weighted by molar-refractivity contribution is 5.64. The van der Waals surface area contributed by atoms with E-state index in [1.54, 1.807) is 0 Å². The van der Waals surface area contributed by atoms with Gasteiger partial charge in [-0.25, -0.2) is 4.98 Å². The number of piperazine rings is 1. The Morgan fingerprint density at radius 1 is 1.00 bits per heavy atom. The van der Waals surface area contributed by atoms with Crippen molar-refractivity contribution in [3.63, 3.8) is 0 Å². The van der Waals surface area contributed by atoms with Crippen molar-refractivity contribution in [3.05, 3.63) is 54.4 Å². The molecule has 1 fully saturated rings. The van der Waals surface area contributed by atoms with Gasteiger partial charge in [0.15, 0.2) is 17.3 Å². The van der Waals surface area contributed by atoms with E-state index >= 15 is 0 Å². The van der Waals surface area contributed by atoms with Crippen molar-refractivity contribution >= 4 is 5.82 Å². The van der Waals surface area contributed by atoms with Crippen molar-refractivity contribution in [2.75, 3.05) is 57.5 Å². The van der Waals surface area contributed by atoms with E-state index in [1.165, 1.54) is 0 Å². The second-order valence-corrected chi connectivity index (χ2v) is 8.49. The predicted molar refractivity (Wildman–Crippen MR) is 127 cm³/mol. The average molecular weight is 450 g/mol. The van der Waals surface area contributed by atoms with Gasteiger partial charge in [-0.15, -0.1) is 0 Å². The number of ether oxygens (including phenoxy) is 2. The maximum Gasteiger partial charge on any atom is 0.231 e. The Labute approximate surface area is 194 Å². The minimum absolute atomic E-state index is 0.272. The van der Waals surface area contributed by atoms with E-state index in [1.807, 2.05) is 36.5 Å². The summed E-state index contributed by atoms with van der Waals surface area (Å²) in [4.78, 5) is 11.8. The van der Waals surface area contributed by atoms with Crippen LogP contribution in [0.2, 0.25) is 0 Å². The fourth-order valence-electron chi connectivity index (χ4n) is 4.41. The first-order valence-electron chi connectivity index (χ1n) is 11.7. The van der Waals surface area contributed by atoms with Crippen molar-refractivity contribution in [2.45, 2.75) is 19.9 Å². The van der Waals surface area contributed by atoms with Crippen LogP contribution in [0, 0.1) is 0 Å². The molecule has 0 N–H and O–H groups in total. The topological polar surface area (TPSA) is 67.1 Å². The number of fused-ring (bicyclic) bond motifs is 1. The largest absolute Gasteiger partial charge is 0.454 e. The van der Waals surface area contributed by atoms with Gasteiger partial charge < -0.3 is 18.9 Å². The Morgan fingerprint density at radius 2 is 1.88 bits per heavy atom. The van der Waals surface area contributed by atoms with Gasteiger partial charge in [0.25, 0.3) is 0 Å². The van der Waals surface area contributed by atoms with Gasteiger partial charge in [0.2, 0.25) is 6.79 Å². The molecule has 3 aromatic rings. The van der Waals surface area contributed by atoms with Gasteiger partial charge in [-0.1, -0.05) is 18.1 Å². The summed E-state index contributed by atoms with van der Waals surface area (Å²) in [6, 6.07) is 14.0. The molecule has 174 valence electrons. The fraction of sp³-hybridized carbons (Fsp3) is 0.440. The monoisotopic (exact) mass is 449 g/mol. The molecule has 2 aromatic heterocycles. The first-order chi connectivity index (χ1) is 16.3. The SMILES string of the molecule is CCN(CCCN1CCN(c2ccccn2)CC1)Cc1cc(-c2ccc3c(c2)OCO3)no1. The molecule has 33 heavy (non-hydrogen) atoms. The molecule has 1 aromatic carbocycles. The van der Waals surface area contributed by atoms with E-state index in [0.717, 1.165) is 93.1 Å². The zero-order valence-corrected chi connectivity index (χ0v) is 19.2. The Kier molecular flexibility index (Phi) is 6.73. The lowest BCUT2D eigenvalue weighted by atomic mass is 10.1. The summed E-state index contributed by atoms with van der Waals surface area (Å²) in [6.07, 6.45) is 3.01. The van der Waals surface area contributed by atoms with Gasteiger partial charge in [-0.3, -0.25) is 9.80 Å². The van der Waals surface area contributed by atoms with Gasteiger partial charge in [-0.05, 0) is 56.4 Å². The highest BCUT2D eigenvalue weighted by Gasteiger charge is 2.19. The minimum Gasteiger partial charge on any atom is -0.454 e. The highest BCUT2D eigenvalue weighted by atomic mass is 16.7. The number of hydrogen-bond acceptors (Lipinski definition) is 8. The molecule has 5 rings (SSSR count). The molecule has 0 atom stereocenters. The minimum atomic E-state index is 0.272. The third kappa shape index (κ3) is 5.29. The van der Waals surface area contributed by atoms with E-state index in [0.29, 0.717) is 0 Å². The molecular weight excluding hydrogens is 418 g/mol. The van der Waals surface area contributed by atoms with Crippen LogP contribution in [0.15, 0.2) is 53.2 Å². The molecule has 0 bridgehead atoms.